The van der Waals surface area contributed by atoms with Crippen LogP contribution in [-0.2, 0) is 68.1 Å². The molecule has 3 aliphatic rings. The minimum Gasteiger partial charge on any atom is -0.507 e. The summed E-state index contributed by atoms with van der Waals surface area (Å²) in [4.78, 5) is 70.1. The van der Waals surface area contributed by atoms with Crippen LogP contribution in [-0.4, -0.2) is 108 Å². The van der Waals surface area contributed by atoms with Crippen LogP contribution in [0.2, 0.25) is 0 Å². The van der Waals surface area contributed by atoms with Crippen molar-refractivity contribution in [3.05, 3.63) is 45.2 Å². The molecular weight excluding hydrogens is 760 g/mol. The summed E-state index contributed by atoms with van der Waals surface area (Å²) in [5, 5.41) is 54.7. The van der Waals surface area contributed by atoms with Gasteiger partial charge in [0.15, 0.2) is 12.4 Å². The maximum absolute atomic E-state index is 13.5. The number of phenolic OH excluding ortho intramolecular Hbond substituents is 2. The maximum atomic E-state index is 13.5. The zero-order valence-corrected chi connectivity index (χ0v) is 30.6. The van der Waals surface area contributed by atoms with Crippen LogP contribution < -0.4 is 5.32 Å². The van der Waals surface area contributed by atoms with E-state index in [0.29, 0.717) is 12.8 Å². The second-order valence-electron chi connectivity index (χ2n) is 11.5. The van der Waals surface area contributed by atoms with Gasteiger partial charge < -0.3 is 40.3 Å². The molecule has 24 heteroatoms. The Morgan fingerprint density at radius 3 is 2.00 bits per heavy atom. The van der Waals surface area contributed by atoms with E-state index in [4.69, 9.17) is 9.47 Å². The number of methoxy groups -OCH3 is 1. The first-order chi connectivity index (χ1) is 24.9. The van der Waals surface area contributed by atoms with E-state index in [1.807, 2.05) is 5.32 Å². The lowest BCUT2D eigenvalue weighted by molar-refractivity contribution is -0.264. The summed E-state index contributed by atoms with van der Waals surface area (Å²) in [7, 11) is -5.85. The highest BCUT2D eigenvalue weighted by molar-refractivity contribution is 7.73. The SMILES string of the molecule is COOP(=O)(OOC)C(O)(CCNC(=O)OCC(=O)C1(O)Cc2c(O)c3c(c(O)c2C(O)C1)C(=O)C1=C(OC)CCC=C1C3=O)P(=O)(OOC)OOC. The molecule has 22 nitrogen and oxygen atoms in total. The van der Waals surface area contributed by atoms with Gasteiger partial charge in [-0.25, -0.2) is 24.3 Å². The number of aromatic hydroxyl groups is 2. The van der Waals surface area contributed by atoms with Gasteiger partial charge in [0.2, 0.25) is 11.6 Å². The summed E-state index contributed by atoms with van der Waals surface area (Å²) in [6.45, 7) is -1.97. The van der Waals surface area contributed by atoms with Crippen LogP contribution in [0.15, 0.2) is 23.0 Å². The lowest BCUT2D eigenvalue weighted by atomic mass is 9.71. The fraction of sp³-hybridized carbons (Fsp3) is 0.517. The Hall–Kier alpha value is -3.60. The predicted octanol–water partition coefficient (Wildman–Crippen LogP) is 1.84. The number of phenols is 2. The topological polar surface area (TPSA) is 308 Å². The molecule has 3 aliphatic carbocycles. The van der Waals surface area contributed by atoms with Crippen molar-refractivity contribution in [2.24, 2.45) is 0 Å². The van der Waals surface area contributed by atoms with Gasteiger partial charge in [0.1, 0.15) is 22.9 Å². The molecule has 294 valence electrons. The number of aliphatic hydroxyl groups excluding tert-OH is 1. The standard InChI is InChI=1S/C29H37NO21P2/c1-42-17-8-6-7-14-20(17)26(36)22-21(23(14)33)24(34)15-11-28(38,12-16(31)19(15)25(22)35)18(32)13-47-27(37)30-10-9-29(39,52(40,48-43-2)49-44-3)53(41,50-45-4)51-46-5/h7,16,31,34-35,38-39H,6,8-13H2,1-5H3,(H,30,37). The molecule has 0 fully saturated rings. The molecule has 53 heavy (non-hydrogen) atoms. The third-order valence-electron chi connectivity index (χ3n) is 8.51. The third-order valence-corrected chi connectivity index (χ3v) is 13.6. The van der Waals surface area contributed by atoms with E-state index in [1.54, 1.807) is 0 Å². The normalized spacial score (nSPS) is 20.3. The maximum Gasteiger partial charge on any atom is 0.428 e. The summed E-state index contributed by atoms with van der Waals surface area (Å²) in [6.07, 6.45) is -3.82. The lowest BCUT2D eigenvalue weighted by Gasteiger charge is -2.37. The molecule has 0 spiro atoms. The van der Waals surface area contributed by atoms with E-state index in [0.717, 1.165) is 28.4 Å². The van der Waals surface area contributed by atoms with Gasteiger partial charge in [-0.3, -0.25) is 23.5 Å². The highest BCUT2D eigenvalue weighted by Gasteiger charge is 2.68. The Morgan fingerprint density at radius 1 is 0.925 bits per heavy atom. The fourth-order valence-electron chi connectivity index (χ4n) is 6.14. The van der Waals surface area contributed by atoms with Gasteiger partial charge >= 0.3 is 21.3 Å². The summed E-state index contributed by atoms with van der Waals surface area (Å²) in [6, 6.07) is 0. The molecule has 1 amide bonds. The molecule has 1 aromatic carbocycles. The van der Waals surface area contributed by atoms with Crippen molar-refractivity contribution in [2.75, 3.05) is 48.7 Å². The molecule has 0 saturated heterocycles. The van der Waals surface area contributed by atoms with Crippen molar-refractivity contribution < 1.29 is 102 Å². The Kier molecular flexibility index (Phi) is 13.1. The molecule has 0 radical (unpaired) electrons. The van der Waals surface area contributed by atoms with Crippen molar-refractivity contribution in [2.45, 2.75) is 48.9 Å². The summed E-state index contributed by atoms with van der Waals surface area (Å²) in [5.41, 5.74) is -4.67. The lowest BCUT2D eigenvalue weighted by Crippen LogP contribution is -2.48. The first kappa shape index (κ1) is 42.1. The minimum absolute atomic E-state index is 0.0682. The van der Waals surface area contributed by atoms with E-state index in [9.17, 15) is 53.8 Å². The number of hydrogen-bond acceptors (Lipinski definition) is 21. The summed E-state index contributed by atoms with van der Waals surface area (Å²) < 4.78 is 55.0. The Labute approximate surface area is 299 Å². The molecule has 2 unspecified atom stereocenters. The number of ether oxygens (including phenoxy) is 2. The van der Waals surface area contributed by atoms with Crippen LogP contribution in [0.1, 0.15) is 63.6 Å². The minimum atomic E-state index is -5.26. The number of alkyl carbamates (subject to hydrolysis) is 1. The molecule has 0 bridgehead atoms. The first-order valence-electron chi connectivity index (χ1n) is 15.3. The number of carbonyl (C=O) groups excluding carboxylic acids is 4. The summed E-state index contributed by atoms with van der Waals surface area (Å²) >= 11 is 0. The highest BCUT2D eigenvalue weighted by atomic mass is 31.2. The van der Waals surface area contributed by atoms with Crippen LogP contribution in [0, 0.1) is 0 Å². The van der Waals surface area contributed by atoms with Gasteiger partial charge in [-0.15, -0.1) is 18.7 Å². The molecule has 1 aromatic rings. The monoisotopic (exact) mass is 797 g/mol. The second-order valence-corrected chi connectivity index (χ2v) is 15.9. The number of nitrogens with one attached hydrogen (secondary N) is 1. The van der Waals surface area contributed by atoms with Gasteiger partial charge in [-0.1, -0.05) is 6.08 Å². The molecular formula is C29H37NO21P2. The number of hydrogen-bond donors (Lipinski definition) is 6. The van der Waals surface area contributed by atoms with Gasteiger partial charge in [-0.05, 0) is 6.42 Å². The summed E-state index contributed by atoms with van der Waals surface area (Å²) in [5.74, 6) is -4.37. The van der Waals surface area contributed by atoms with Gasteiger partial charge in [-0.2, -0.15) is 0 Å². The molecule has 0 heterocycles. The number of Topliss-reactive ketones (excluding diaryl/α,β-unsaturated/α-hetero) is 3. The molecule has 2 atom stereocenters. The number of rotatable bonds is 17. The van der Waals surface area contributed by atoms with Gasteiger partial charge in [0.25, 0.3) is 5.08 Å². The van der Waals surface area contributed by atoms with Gasteiger partial charge in [0, 0.05) is 48.9 Å². The van der Waals surface area contributed by atoms with E-state index in [-0.39, 0.29) is 16.9 Å². The van der Waals surface area contributed by atoms with E-state index >= 15 is 0 Å². The van der Waals surface area contributed by atoms with Crippen LogP contribution in [0.25, 0.3) is 0 Å². The van der Waals surface area contributed by atoms with Crippen LogP contribution in [0.3, 0.4) is 0 Å². The van der Waals surface area contributed by atoms with Crippen molar-refractivity contribution >= 4 is 38.6 Å². The molecule has 0 aromatic heterocycles. The first-order valence-corrected chi connectivity index (χ1v) is 18.4. The van der Waals surface area contributed by atoms with Crippen LogP contribution >= 0.6 is 15.2 Å². The average Bonchev–Trinajstić information content (AvgIpc) is 3.10. The second kappa shape index (κ2) is 16.4. The Balaban J connectivity index is 1.52. The van der Waals surface area contributed by atoms with Crippen molar-refractivity contribution in [1.82, 2.24) is 5.32 Å². The highest BCUT2D eigenvalue weighted by Crippen LogP contribution is 2.78. The number of ketones is 3. The quantitative estimate of drug-likeness (QED) is 0.0567. The van der Waals surface area contributed by atoms with Gasteiger partial charge in [0.05, 0.1) is 58.4 Å². The number of amides is 1. The van der Waals surface area contributed by atoms with Crippen molar-refractivity contribution in [3.63, 3.8) is 0 Å². The number of carbonyl (C=O) groups is 4. The third kappa shape index (κ3) is 7.43. The van der Waals surface area contributed by atoms with Crippen LogP contribution in [0.4, 0.5) is 4.79 Å². The van der Waals surface area contributed by atoms with E-state index in [2.05, 4.69) is 38.2 Å². The Morgan fingerprint density at radius 2 is 1.47 bits per heavy atom. The largest absolute Gasteiger partial charge is 0.507 e. The predicted molar refractivity (Wildman–Crippen MR) is 170 cm³/mol. The molecule has 6 N–H and O–H groups in total. The van der Waals surface area contributed by atoms with Crippen molar-refractivity contribution in [1.29, 1.82) is 0 Å². The fourth-order valence-corrected chi connectivity index (χ4v) is 9.83. The molecule has 0 aliphatic heterocycles. The molecule has 4 rings (SSSR count). The van der Waals surface area contributed by atoms with E-state index < -0.39 is 122 Å². The number of allylic oxidation sites excluding steroid dienone is 4. The average molecular weight is 798 g/mol. The number of aliphatic hydroxyl groups is 3. The Bertz CT molecular complexity index is 1770. The van der Waals surface area contributed by atoms with Crippen LogP contribution in [0.5, 0.6) is 11.5 Å². The zero-order chi connectivity index (χ0) is 39.5. The van der Waals surface area contributed by atoms with Crippen molar-refractivity contribution in [3.8, 4) is 11.5 Å². The number of fused-ring (bicyclic) bond motifs is 3. The van der Waals surface area contributed by atoms with E-state index in [1.165, 1.54) is 13.2 Å². The zero-order valence-electron chi connectivity index (χ0n) is 28.8. The smallest absolute Gasteiger partial charge is 0.428 e. The number of benzene rings is 1. The molecule has 0 saturated carbocycles.